The fourth-order valence-electron chi connectivity index (χ4n) is 0. The molecule has 7 heavy (non-hydrogen) atoms. The first kappa shape index (κ1) is 69.7. The number of rotatable bonds is 0. The molecule has 0 aromatic heterocycles. The van der Waals surface area contributed by atoms with E-state index in [1.165, 1.54) is 0 Å². The summed E-state index contributed by atoms with van der Waals surface area (Å²) in [5, 5.41) is 0. The van der Waals surface area contributed by atoms with E-state index in [1.807, 2.05) is 0 Å². The Bertz CT molecular complexity index is 19.7. The first-order valence-corrected chi connectivity index (χ1v) is 0. The van der Waals surface area contributed by atoms with Crippen LogP contribution in [-0.2, 0) is 0 Å². The molecule has 0 nitrogen and oxygen atoms in total. The second kappa shape index (κ2) is 51.2. The third-order valence-electron chi connectivity index (χ3n) is 0. The quantitative estimate of drug-likeness (QED) is 0.349. The van der Waals surface area contributed by atoms with Gasteiger partial charge in [-0.1, -0.05) is 0 Å². The molecule has 0 amide bonds. The molecule has 0 atom stereocenters. The molecule has 0 unspecified atom stereocenters. The molecular weight excluding hydrogens is 206 g/mol. The molecule has 0 fully saturated rings. The second-order valence-corrected chi connectivity index (χ2v) is 0. The van der Waals surface area contributed by atoms with Crippen molar-refractivity contribution in [3.8, 4) is 0 Å². The van der Waals surface area contributed by atoms with Crippen LogP contribution in [0.1, 0.15) is 4.28 Å². The fourth-order valence-corrected chi connectivity index (χ4v) is 0. The molecule has 0 N–H and O–H groups in total. The molecule has 0 saturated heterocycles. The standard InChI is InChI=1S/2Al.3ClH.2Na.5H/h;;3*1H;;;;;;;/q2*+3;;;;;;;;3*-1/p-3. The third-order valence-corrected chi connectivity index (χ3v) is 0. The average Bonchev–Trinajstić information content (AvgIpc) is 0. The second-order valence-electron chi connectivity index (χ2n) is 0. The summed E-state index contributed by atoms with van der Waals surface area (Å²) in [5.74, 6) is 0. The van der Waals surface area contributed by atoms with Gasteiger partial charge in [0.15, 0.2) is 0 Å². The zero-order valence-corrected chi connectivity index (χ0v) is 6.87. The Morgan fingerprint density at radius 2 is 0.571 bits per heavy atom. The van der Waals surface area contributed by atoms with Gasteiger partial charge >= 0.3 is 93.8 Å². The zero-order chi connectivity index (χ0) is 0. The molecule has 0 saturated carbocycles. The summed E-state index contributed by atoms with van der Waals surface area (Å²) >= 11 is 0. The van der Waals surface area contributed by atoms with Crippen LogP contribution in [0.3, 0.4) is 0 Å². The molecule has 0 aliphatic carbocycles. The summed E-state index contributed by atoms with van der Waals surface area (Å²) in [7, 11) is 0. The van der Waals surface area contributed by atoms with Gasteiger partial charge in [-0.05, 0) is 0 Å². The normalized spacial score (nSPS) is 0. The molecule has 0 heterocycles. The Balaban J connectivity index is 0. The molecular formula is H5Al2Cl3Na2. The van der Waals surface area contributed by atoms with Gasteiger partial charge in [0.05, 0.1) is 0 Å². The van der Waals surface area contributed by atoms with E-state index in [9.17, 15) is 0 Å². The Labute approximate surface area is 133 Å². The van der Waals surface area contributed by atoms with Gasteiger partial charge in [0, 0.05) is 0 Å². The van der Waals surface area contributed by atoms with Gasteiger partial charge in [0.25, 0.3) is 0 Å². The van der Waals surface area contributed by atoms with Crippen LogP contribution in [0.5, 0.6) is 0 Å². The van der Waals surface area contributed by atoms with Crippen molar-refractivity contribution in [1.29, 1.82) is 0 Å². The summed E-state index contributed by atoms with van der Waals surface area (Å²) in [4.78, 5) is 0. The van der Waals surface area contributed by atoms with Crippen molar-refractivity contribution < 1.29 is 41.5 Å². The molecule has 0 aliphatic heterocycles. The average molecular weight is 211 g/mol. The van der Waals surface area contributed by atoms with Crippen molar-refractivity contribution in [3.05, 3.63) is 0 Å². The van der Waals surface area contributed by atoms with E-state index in [4.69, 9.17) is 0 Å². The van der Waals surface area contributed by atoms with Crippen molar-refractivity contribution in [2.24, 2.45) is 0 Å². The number of hydrogen-bond acceptors (Lipinski definition) is 0. The molecule has 0 aromatic rings. The molecule has 0 aliphatic rings. The molecule has 0 radical (unpaired) electrons. The van der Waals surface area contributed by atoms with E-state index in [2.05, 4.69) is 0 Å². The molecule has 0 rings (SSSR count). The van der Waals surface area contributed by atoms with Crippen LogP contribution in [0.2, 0.25) is 0 Å². The van der Waals surface area contributed by atoms with Crippen LogP contribution in [0.4, 0.5) is 0 Å². The van der Waals surface area contributed by atoms with Gasteiger partial charge in [0.2, 0.25) is 0 Å². The third kappa shape index (κ3) is 40.4. The number of hydrogen-bond donors (Lipinski definition) is 0. The van der Waals surface area contributed by atoms with Gasteiger partial charge < -0.3 is 41.5 Å². The van der Waals surface area contributed by atoms with Crippen LogP contribution in [0.15, 0.2) is 0 Å². The van der Waals surface area contributed by atoms with E-state index in [0.29, 0.717) is 0 Å². The summed E-state index contributed by atoms with van der Waals surface area (Å²) < 4.78 is 0. The SMILES string of the molecule is [Al+3].[Al+3].[Cl-].[Cl-].[Cl-].[H-].[H-].[H-].[NaH].[NaH]. The minimum atomic E-state index is 0. The van der Waals surface area contributed by atoms with Crippen molar-refractivity contribution >= 4 is 93.8 Å². The maximum atomic E-state index is 0. The Morgan fingerprint density at radius 3 is 0.571 bits per heavy atom. The van der Waals surface area contributed by atoms with E-state index < -0.39 is 0 Å². The molecule has 0 spiro atoms. The first-order valence-electron chi connectivity index (χ1n) is 0. The van der Waals surface area contributed by atoms with Gasteiger partial charge in [-0.25, -0.2) is 0 Å². The predicted molar refractivity (Wildman–Crippen MR) is 29.1 cm³/mol. The molecule has 0 bridgehead atoms. The van der Waals surface area contributed by atoms with Crippen LogP contribution >= 0.6 is 0 Å². The zero-order valence-electron chi connectivity index (χ0n) is 5.29. The van der Waals surface area contributed by atoms with Crippen LogP contribution < -0.4 is 37.2 Å². The topological polar surface area (TPSA) is 0 Å². The molecule has 7 heteroatoms. The van der Waals surface area contributed by atoms with E-state index in [-0.39, 0.29) is 135 Å². The number of halogens is 3. The molecule has 0 aromatic carbocycles. The maximum absolute atomic E-state index is 0. The summed E-state index contributed by atoms with van der Waals surface area (Å²) in [6, 6.07) is 0. The van der Waals surface area contributed by atoms with Crippen molar-refractivity contribution in [2.45, 2.75) is 0 Å². The van der Waals surface area contributed by atoms with Crippen LogP contribution in [-0.4, -0.2) is 93.8 Å². The fraction of sp³-hybridized carbons (Fsp3) is 0. The van der Waals surface area contributed by atoms with E-state index in [1.54, 1.807) is 0 Å². The van der Waals surface area contributed by atoms with Gasteiger partial charge in [-0.15, -0.1) is 0 Å². The van der Waals surface area contributed by atoms with E-state index >= 15 is 0 Å². The van der Waals surface area contributed by atoms with Crippen LogP contribution in [0, 0.1) is 0 Å². The Kier molecular flexibility index (Phi) is 510. The van der Waals surface area contributed by atoms with Crippen LogP contribution in [0.25, 0.3) is 0 Å². The van der Waals surface area contributed by atoms with Crippen molar-refractivity contribution in [3.63, 3.8) is 0 Å². The summed E-state index contributed by atoms with van der Waals surface area (Å²) in [6.07, 6.45) is 0. The summed E-state index contributed by atoms with van der Waals surface area (Å²) in [6.45, 7) is 0. The van der Waals surface area contributed by atoms with Gasteiger partial charge in [-0.3, -0.25) is 0 Å². The Morgan fingerprint density at radius 1 is 0.571 bits per heavy atom. The minimum absolute atomic E-state index is 0. The first-order chi connectivity index (χ1) is 0. The predicted octanol–water partition coefficient (Wildman–Crippen LogP) is -10.7. The van der Waals surface area contributed by atoms with Gasteiger partial charge in [0.1, 0.15) is 0 Å². The Hall–Kier alpha value is 3.93. The van der Waals surface area contributed by atoms with Crippen molar-refractivity contribution in [2.75, 3.05) is 0 Å². The van der Waals surface area contributed by atoms with Crippen molar-refractivity contribution in [1.82, 2.24) is 0 Å². The monoisotopic (exact) mass is 210 g/mol. The van der Waals surface area contributed by atoms with Gasteiger partial charge in [-0.2, -0.15) is 0 Å². The van der Waals surface area contributed by atoms with E-state index in [0.717, 1.165) is 0 Å². The summed E-state index contributed by atoms with van der Waals surface area (Å²) in [5.41, 5.74) is 0. The molecule has 34 valence electrons.